The molecule has 190 valence electrons. The fraction of sp³-hybridized carbons (Fsp3) is 0.429. The highest BCUT2D eigenvalue weighted by Crippen LogP contribution is 2.23. The topological polar surface area (TPSA) is 71.0 Å². The van der Waals surface area contributed by atoms with Gasteiger partial charge in [0, 0.05) is 30.3 Å². The first kappa shape index (κ1) is 24.6. The number of aromatic nitrogens is 4. The van der Waals surface area contributed by atoms with Gasteiger partial charge in [0.1, 0.15) is 18.5 Å². The summed E-state index contributed by atoms with van der Waals surface area (Å²) in [5.41, 5.74) is 4.90. The highest BCUT2D eigenvalue weighted by molar-refractivity contribution is 5.83. The van der Waals surface area contributed by atoms with Gasteiger partial charge in [0.25, 0.3) is 0 Å². The van der Waals surface area contributed by atoms with Crippen LogP contribution < -0.4 is 5.32 Å². The summed E-state index contributed by atoms with van der Waals surface area (Å²) < 4.78 is 20.7. The second kappa shape index (κ2) is 11.8. The molecular formula is C28H35FN6O. The number of halogens is 1. The molecule has 7 nitrogen and oxygen atoms in total. The van der Waals surface area contributed by atoms with E-state index in [0.717, 1.165) is 57.4 Å². The maximum atomic E-state index is 13.3. The normalized spacial score (nSPS) is 16.1. The number of hydrogen-bond acceptors (Lipinski definition) is 5. The van der Waals surface area contributed by atoms with Gasteiger partial charge >= 0.3 is 0 Å². The largest absolute Gasteiger partial charge is 0.383 e. The van der Waals surface area contributed by atoms with E-state index in [9.17, 15) is 4.39 Å². The predicted molar refractivity (Wildman–Crippen MR) is 139 cm³/mol. The lowest BCUT2D eigenvalue weighted by atomic mass is 10.0. The molecule has 8 heteroatoms. The second-order valence-electron chi connectivity index (χ2n) is 9.77. The number of aryl methyl sites for hydroxylation is 1. The minimum atomic E-state index is -0.205. The summed E-state index contributed by atoms with van der Waals surface area (Å²) >= 11 is 0. The number of aromatic amines is 1. The Morgan fingerprint density at radius 2 is 1.89 bits per heavy atom. The molecule has 0 saturated carbocycles. The van der Waals surface area contributed by atoms with Crippen LogP contribution in [0.3, 0.4) is 0 Å². The number of H-pyrrole nitrogens is 1. The monoisotopic (exact) mass is 490 g/mol. The van der Waals surface area contributed by atoms with Crippen molar-refractivity contribution < 1.29 is 9.13 Å². The maximum Gasteiger partial charge on any atom is 0.123 e. The SMILES string of the molecule is COC[C@H](NC1CCN(CCCc2c[nH]c3ccc(Cn4cnnc4)cc23)CC1)c1ccc(F)cc1. The number of benzene rings is 2. The van der Waals surface area contributed by atoms with Crippen LogP contribution >= 0.6 is 0 Å². The molecule has 4 aromatic rings. The molecule has 1 fully saturated rings. The standard InChI is InChI=1S/C28H35FN6O/c1-36-18-28(22-5-7-24(29)8-6-22)33-25-10-13-34(14-11-25)12-2-3-23-16-30-27-9-4-21(15-26(23)27)17-35-19-31-32-20-35/h4-9,15-16,19-20,25,28,30,33H,2-3,10-14,17-18H2,1H3/t28-/m0/s1. The fourth-order valence-corrected chi connectivity index (χ4v) is 5.25. The van der Waals surface area contributed by atoms with Gasteiger partial charge in [-0.3, -0.25) is 0 Å². The Bertz CT molecular complexity index is 1210. The molecule has 1 aliphatic heterocycles. The van der Waals surface area contributed by atoms with Gasteiger partial charge < -0.3 is 24.5 Å². The van der Waals surface area contributed by atoms with Crippen molar-refractivity contribution >= 4 is 10.9 Å². The average molecular weight is 491 g/mol. The average Bonchev–Trinajstić information content (AvgIpc) is 3.55. The zero-order valence-electron chi connectivity index (χ0n) is 20.9. The molecule has 1 aliphatic rings. The Hall–Kier alpha value is -3.07. The minimum Gasteiger partial charge on any atom is -0.383 e. The summed E-state index contributed by atoms with van der Waals surface area (Å²) in [7, 11) is 1.71. The molecule has 1 saturated heterocycles. The molecule has 0 spiro atoms. The molecule has 0 unspecified atom stereocenters. The highest BCUT2D eigenvalue weighted by atomic mass is 19.1. The van der Waals surface area contributed by atoms with E-state index in [4.69, 9.17) is 4.74 Å². The molecule has 1 atom stereocenters. The lowest BCUT2D eigenvalue weighted by Crippen LogP contribution is -2.44. The number of fused-ring (bicyclic) bond motifs is 1. The van der Waals surface area contributed by atoms with E-state index >= 15 is 0 Å². The van der Waals surface area contributed by atoms with Gasteiger partial charge in [-0.15, -0.1) is 10.2 Å². The van der Waals surface area contributed by atoms with Crippen molar-refractivity contribution in [2.75, 3.05) is 33.4 Å². The van der Waals surface area contributed by atoms with Gasteiger partial charge in [-0.25, -0.2) is 4.39 Å². The molecular weight excluding hydrogens is 455 g/mol. The van der Waals surface area contributed by atoms with Crippen LogP contribution in [0.25, 0.3) is 10.9 Å². The maximum absolute atomic E-state index is 13.3. The van der Waals surface area contributed by atoms with Crippen LogP contribution in [0.15, 0.2) is 61.3 Å². The number of hydrogen-bond donors (Lipinski definition) is 2. The Morgan fingerprint density at radius 3 is 2.64 bits per heavy atom. The number of piperidine rings is 1. The first-order chi connectivity index (χ1) is 17.7. The zero-order valence-corrected chi connectivity index (χ0v) is 20.9. The van der Waals surface area contributed by atoms with Gasteiger partial charge in [0.05, 0.1) is 19.2 Å². The van der Waals surface area contributed by atoms with Gasteiger partial charge in [-0.05, 0) is 86.3 Å². The third kappa shape index (κ3) is 6.19. The second-order valence-corrected chi connectivity index (χ2v) is 9.77. The van der Waals surface area contributed by atoms with Crippen molar-refractivity contribution in [1.29, 1.82) is 0 Å². The van der Waals surface area contributed by atoms with E-state index < -0.39 is 0 Å². The van der Waals surface area contributed by atoms with Gasteiger partial charge in [-0.2, -0.15) is 0 Å². The van der Waals surface area contributed by atoms with Crippen molar-refractivity contribution in [1.82, 2.24) is 30.0 Å². The zero-order chi connectivity index (χ0) is 24.7. The van der Waals surface area contributed by atoms with E-state index in [1.807, 2.05) is 16.7 Å². The van der Waals surface area contributed by atoms with Crippen LogP contribution in [0, 0.1) is 5.82 Å². The van der Waals surface area contributed by atoms with Crippen LogP contribution in [-0.4, -0.2) is 64.0 Å². The van der Waals surface area contributed by atoms with Crippen LogP contribution in [-0.2, 0) is 17.7 Å². The van der Waals surface area contributed by atoms with E-state index in [-0.39, 0.29) is 11.9 Å². The first-order valence-corrected chi connectivity index (χ1v) is 12.8. The summed E-state index contributed by atoms with van der Waals surface area (Å²) in [6.45, 7) is 4.66. The molecule has 2 aromatic carbocycles. The molecule has 0 radical (unpaired) electrons. The highest BCUT2D eigenvalue weighted by Gasteiger charge is 2.22. The number of rotatable bonds is 11. The number of ether oxygens (including phenoxy) is 1. The van der Waals surface area contributed by atoms with Crippen LogP contribution in [0.5, 0.6) is 0 Å². The molecule has 2 N–H and O–H groups in total. The molecule has 0 aliphatic carbocycles. The molecule has 3 heterocycles. The smallest absolute Gasteiger partial charge is 0.123 e. The van der Waals surface area contributed by atoms with Crippen molar-refractivity contribution in [3.05, 3.63) is 83.8 Å². The number of methoxy groups -OCH3 is 1. The third-order valence-electron chi connectivity index (χ3n) is 7.21. The van der Waals surface area contributed by atoms with Gasteiger partial charge in [0.15, 0.2) is 0 Å². The Balaban J connectivity index is 1.09. The molecule has 36 heavy (non-hydrogen) atoms. The van der Waals surface area contributed by atoms with E-state index in [1.165, 1.54) is 34.2 Å². The summed E-state index contributed by atoms with van der Waals surface area (Å²) in [6.07, 6.45) is 10.1. The van der Waals surface area contributed by atoms with E-state index in [2.05, 4.69) is 49.8 Å². The Morgan fingerprint density at radius 1 is 1.11 bits per heavy atom. The third-order valence-corrected chi connectivity index (χ3v) is 7.21. The number of nitrogens with zero attached hydrogens (tertiary/aromatic N) is 4. The first-order valence-electron chi connectivity index (χ1n) is 12.8. The summed E-state index contributed by atoms with van der Waals surface area (Å²) in [6, 6.07) is 13.9. The number of nitrogens with one attached hydrogen (secondary N) is 2. The van der Waals surface area contributed by atoms with Crippen molar-refractivity contribution in [3.8, 4) is 0 Å². The fourth-order valence-electron chi connectivity index (χ4n) is 5.25. The van der Waals surface area contributed by atoms with Gasteiger partial charge in [-0.1, -0.05) is 18.2 Å². The molecule has 5 rings (SSSR count). The molecule has 0 amide bonds. The Labute approximate surface area is 211 Å². The lowest BCUT2D eigenvalue weighted by molar-refractivity contribution is 0.141. The Kier molecular flexibility index (Phi) is 8.05. The van der Waals surface area contributed by atoms with E-state index in [1.54, 1.807) is 19.8 Å². The summed E-state index contributed by atoms with van der Waals surface area (Å²) in [4.78, 5) is 6.01. The van der Waals surface area contributed by atoms with Crippen molar-refractivity contribution in [3.63, 3.8) is 0 Å². The van der Waals surface area contributed by atoms with E-state index in [0.29, 0.717) is 12.6 Å². The van der Waals surface area contributed by atoms with Crippen LogP contribution in [0.2, 0.25) is 0 Å². The van der Waals surface area contributed by atoms with Crippen molar-refractivity contribution in [2.45, 2.75) is 44.3 Å². The number of likely N-dealkylation sites (tertiary alicyclic amines) is 1. The summed E-state index contributed by atoms with van der Waals surface area (Å²) in [5.74, 6) is -0.205. The van der Waals surface area contributed by atoms with Crippen LogP contribution in [0.1, 0.15) is 42.0 Å². The van der Waals surface area contributed by atoms with Crippen molar-refractivity contribution in [2.24, 2.45) is 0 Å². The summed E-state index contributed by atoms with van der Waals surface area (Å²) in [5, 5.41) is 12.9. The van der Waals surface area contributed by atoms with Crippen LogP contribution in [0.4, 0.5) is 4.39 Å². The quantitative estimate of drug-likeness (QED) is 0.328. The lowest BCUT2D eigenvalue weighted by Gasteiger charge is -2.34. The molecule has 0 bridgehead atoms. The van der Waals surface area contributed by atoms with Gasteiger partial charge in [0.2, 0.25) is 0 Å². The minimum absolute atomic E-state index is 0.0870. The molecule has 2 aromatic heterocycles. The predicted octanol–water partition coefficient (Wildman–Crippen LogP) is 4.32.